The summed E-state index contributed by atoms with van der Waals surface area (Å²) in [6, 6.07) is 1.46. The summed E-state index contributed by atoms with van der Waals surface area (Å²) < 4.78 is 47.9. The van der Waals surface area contributed by atoms with Crippen LogP contribution in [0.4, 0.5) is 24.9 Å². The van der Waals surface area contributed by atoms with Gasteiger partial charge < -0.3 is 25.7 Å². The summed E-state index contributed by atoms with van der Waals surface area (Å²) in [7, 11) is 1.50. The molecule has 0 atom stereocenters. The van der Waals surface area contributed by atoms with Crippen LogP contribution in [0.2, 0.25) is 0 Å². The third kappa shape index (κ3) is 6.08. The maximum atomic E-state index is 14.2. The van der Waals surface area contributed by atoms with Crippen molar-refractivity contribution in [1.82, 2.24) is 30.2 Å². The maximum Gasteiger partial charge on any atom is 0.434 e. The first-order valence-electron chi connectivity index (χ1n) is 13.4. The Labute approximate surface area is 241 Å². The fourth-order valence-corrected chi connectivity index (χ4v) is 4.87. The van der Waals surface area contributed by atoms with Crippen LogP contribution in [0.3, 0.4) is 0 Å². The summed E-state index contributed by atoms with van der Waals surface area (Å²) in [6.07, 6.45) is -0.697. The zero-order chi connectivity index (χ0) is 30.8. The van der Waals surface area contributed by atoms with Crippen molar-refractivity contribution in [2.45, 2.75) is 40.4 Å². The normalized spacial score (nSPS) is 14.2. The number of pyridine rings is 1. The van der Waals surface area contributed by atoms with Crippen LogP contribution in [0.25, 0.3) is 11.6 Å². The molecule has 2 amide bonds. The predicted octanol–water partition coefficient (Wildman–Crippen LogP) is 3.59. The number of H-pyrrole nitrogens is 1. The lowest BCUT2D eigenvalue weighted by Gasteiger charge is -2.19. The smallest absolute Gasteiger partial charge is 0.434 e. The van der Waals surface area contributed by atoms with Gasteiger partial charge in [-0.25, -0.2) is 4.98 Å². The molecule has 14 heteroatoms. The minimum Gasteiger partial charge on any atom is -0.496 e. The first-order valence-corrected chi connectivity index (χ1v) is 13.4. The number of hydrogen-bond donors (Lipinski definition) is 3. The molecule has 4 rings (SSSR count). The molecule has 3 aromatic rings. The first kappa shape index (κ1) is 30.5. The number of rotatable bonds is 10. The van der Waals surface area contributed by atoms with Crippen LogP contribution in [0.15, 0.2) is 18.5 Å². The first-order chi connectivity index (χ1) is 19.9. The molecule has 224 valence electrons. The summed E-state index contributed by atoms with van der Waals surface area (Å²) >= 11 is 0. The van der Waals surface area contributed by atoms with E-state index in [-0.39, 0.29) is 35.1 Å². The standard InChI is InChI=1S/C28H33F3N8O3/c1-6-38(7-2)9-8-33-25(40)17-10-18(34-13-17)11-19-21-23(28(29,30)31)36-27(32)37-24(21)39(26(19)41)14-20-16(4)22(42-5)15(3)12-35-20/h10-13,34H,6-9,14H2,1-5H3,(H,33,40)(H2,32,36,37). The van der Waals surface area contributed by atoms with Crippen molar-refractivity contribution in [3.8, 4) is 5.75 Å². The van der Waals surface area contributed by atoms with Crippen molar-refractivity contribution in [2.24, 2.45) is 0 Å². The van der Waals surface area contributed by atoms with Gasteiger partial charge >= 0.3 is 6.18 Å². The minimum atomic E-state index is -4.93. The number of aromatic nitrogens is 4. The van der Waals surface area contributed by atoms with E-state index in [0.29, 0.717) is 30.1 Å². The van der Waals surface area contributed by atoms with Crippen molar-refractivity contribution >= 4 is 35.2 Å². The van der Waals surface area contributed by atoms with Crippen LogP contribution in [0.1, 0.15) is 58.0 Å². The van der Waals surface area contributed by atoms with Gasteiger partial charge in [0.25, 0.3) is 11.8 Å². The quantitative estimate of drug-likeness (QED) is 0.306. The van der Waals surface area contributed by atoms with Crippen LogP contribution in [-0.2, 0) is 17.5 Å². The highest BCUT2D eigenvalue weighted by Gasteiger charge is 2.45. The number of alkyl halides is 3. The molecular formula is C28H33F3N8O3. The molecule has 0 bridgehead atoms. The molecule has 1 aliphatic rings. The Morgan fingerprint density at radius 2 is 1.95 bits per heavy atom. The number of carbonyl (C=O) groups is 2. The van der Waals surface area contributed by atoms with Gasteiger partial charge in [-0.2, -0.15) is 18.2 Å². The molecule has 0 saturated carbocycles. The van der Waals surface area contributed by atoms with Gasteiger partial charge in [0.15, 0.2) is 5.69 Å². The molecule has 42 heavy (non-hydrogen) atoms. The van der Waals surface area contributed by atoms with E-state index < -0.39 is 29.3 Å². The number of nitrogens with two attached hydrogens (primary N) is 1. The van der Waals surface area contributed by atoms with Crippen LogP contribution in [0.5, 0.6) is 5.75 Å². The van der Waals surface area contributed by atoms with E-state index in [0.717, 1.165) is 23.6 Å². The Bertz CT molecular complexity index is 1530. The van der Waals surface area contributed by atoms with Crippen molar-refractivity contribution in [3.63, 3.8) is 0 Å². The Hall–Kier alpha value is -4.46. The fraction of sp³-hybridized carbons (Fsp3) is 0.393. The van der Waals surface area contributed by atoms with E-state index in [1.54, 1.807) is 20.0 Å². The molecule has 0 radical (unpaired) electrons. The fourth-order valence-electron chi connectivity index (χ4n) is 4.87. The van der Waals surface area contributed by atoms with Crippen LogP contribution >= 0.6 is 0 Å². The number of likely N-dealkylation sites (N-methyl/N-ethyl adjacent to an activating group) is 1. The number of anilines is 2. The topological polar surface area (TPSA) is 142 Å². The Morgan fingerprint density at radius 1 is 1.24 bits per heavy atom. The molecule has 0 saturated heterocycles. The summed E-state index contributed by atoms with van der Waals surface area (Å²) in [5.74, 6) is -1.47. The van der Waals surface area contributed by atoms with E-state index in [1.165, 1.54) is 25.4 Å². The number of aromatic amines is 1. The van der Waals surface area contributed by atoms with Crippen molar-refractivity contribution in [1.29, 1.82) is 0 Å². The number of ether oxygens (including phenoxy) is 1. The molecule has 3 aromatic heterocycles. The van der Waals surface area contributed by atoms with E-state index in [4.69, 9.17) is 10.5 Å². The number of nitrogens with one attached hydrogen (secondary N) is 2. The summed E-state index contributed by atoms with van der Waals surface area (Å²) in [5.41, 5.74) is 5.84. The summed E-state index contributed by atoms with van der Waals surface area (Å²) in [6.45, 7) is 10.2. The van der Waals surface area contributed by atoms with Gasteiger partial charge in [0.05, 0.1) is 36.0 Å². The maximum absolute atomic E-state index is 14.2. The number of hydrogen-bond acceptors (Lipinski definition) is 8. The summed E-state index contributed by atoms with van der Waals surface area (Å²) in [4.78, 5) is 44.3. The minimum absolute atomic E-state index is 0.190. The second kappa shape index (κ2) is 12.2. The van der Waals surface area contributed by atoms with E-state index in [9.17, 15) is 22.8 Å². The lowest BCUT2D eigenvalue weighted by molar-refractivity contribution is -0.141. The molecule has 0 unspecified atom stereocenters. The van der Waals surface area contributed by atoms with Crippen LogP contribution < -0.4 is 20.7 Å². The van der Waals surface area contributed by atoms with Crippen molar-refractivity contribution in [2.75, 3.05) is 43.9 Å². The molecular weight excluding hydrogens is 553 g/mol. The number of carbonyl (C=O) groups excluding carboxylic acids is 2. The Morgan fingerprint density at radius 3 is 2.60 bits per heavy atom. The molecule has 0 aliphatic carbocycles. The third-order valence-electron chi connectivity index (χ3n) is 7.11. The third-order valence-corrected chi connectivity index (χ3v) is 7.11. The zero-order valence-corrected chi connectivity index (χ0v) is 24.0. The average molecular weight is 587 g/mol. The van der Waals surface area contributed by atoms with Crippen molar-refractivity contribution < 1.29 is 27.5 Å². The molecule has 1 aliphatic heterocycles. The van der Waals surface area contributed by atoms with Gasteiger partial charge in [0, 0.05) is 42.3 Å². The van der Waals surface area contributed by atoms with E-state index in [2.05, 4.69) is 30.2 Å². The number of methoxy groups -OCH3 is 1. The second-order valence-electron chi connectivity index (χ2n) is 9.75. The second-order valence-corrected chi connectivity index (χ2v) is 9.75. The number of nitrogens with zero attached hydrogens (tertiary/aromatic N) is 5. The monoisotopic (exact) mass is 586 g/mol. The van der Waals surface area contributed by atoms with Gasteiger partial charge in [0.1, 0.15) is 11.6 Å². The predicted molar refractivity (Wildman–Crippen MR) is 152 cm³/mol. The molecule has 4 N–H and O–H groups in total. The SMILES string of the molecule is CCN(CC)CCNC(=O)c1c[nH]c(C=C2C(=O)N(Cc3ncc(C)c(OC)c3C)c3nc(N)nc(C(F)(F)F)c32)c1. The average Bonchev–Trinajstić information content (AvgIpc) is 3.51. The lowest BCUT2D eigenvalue weighted by atomic mass is 10.1. The van der Waals surface area contributed by atoms with Gasteiger partial charge in [0.2, 0.25) is 5.95 Å². The zero-order valence-electron chi connectivity index (χ0n) is 24.0. The molecule has 11 nitrogen and oxygen atoms in total. The number of nitrogen functional groups attached to an aromatic ring is 1. The Balaban J connectivity index is 1.72. The number of halogens is 3. The number of aryl methyl sites for hydroxylation is 1. The molecule has 0 spiro atoms. The van der Waals surface area contributed by atoms with Crippen LogP contribution in [0, 0.1) is 13.8 Å². The number of fused-ring (bicyclic) bond motifs is 1. The van der Waals surface area contributed by atoms with E-state index in [1.807, 2.05) is 13.8 Å². The van der Waals surface area contributed by atoms with Gasteiger partial charge in [-0.1, -0.05) is 13.8 Å². The lowest BCUT2D eigenvalue weighted by Crippen LogP contribution is -2.34. The highest BCUT2D eigenvalue weighted by atomic mass is 19.4. The van der Waals surface area contributed by atoms with Crippen molar-refractivity contribution in [3.05, 3.63) is 57.8 Å². The van der Waals surface area contributed by atoms with Gasteiger partial charge in [-0.15, -0.1) is 0 Å². The number of amides is 2. The molecule has 0 aromatic carbocycles. The van der Waals surface area contributed by atoms with Gasteiger partial charge in [-0.05, 0) is 39.1 Å². The van der Waals surface area contributed by atoms with Crippen LogP contribution in [-0.4, -0.2) is 69.9 Å². The van der Waals surface area contributed by atoms with E-state index >= 15 is 0 Å². The molecule has 0 fully saturated rings. The largest absolute Gasteiger partial charge is 0.496 e. The Kier molecular flexibility index (Phi) is 8.85. The highest BCUT2D eigenvalue weighted by Crippen LogP contribution is 2.44. The van der Waals surface area contributed by atoms with Gasteiger partial charge in [-0.3, -0.25) is 19.5 Å². The highest BCUT2D eigenvalue weighted by molar-refractivity contribution is 6.35. The summed E-state index contributed by atoms with van der Waals surface area (Å²) in [5, 5.41) is 2.82. The molecule has 4 heterocycles.